The zero-order valence-corrected chi connectivity index (χ0v) is 11.7. The average Bonchev–Trinajstić information content (AvgIpc) is 2.53. The van der Waals surface area contributed by atoms with Gasteiger partial charge >= 0.3 is 0 Å². The lowest BCUT2D eigenvalue weighted by Gasteiger charge is -2.24. The smallest absolute Gasteiger partial charge is 0.166 e. The molecule has 2 atom stereocenters. The van der Waals surface area contributed by atoms with E-state index in [0.29, 0.717) is 12.1 Å². The maximum Gasteiger partial charge on any atom is 0.166 e. The summed E-state index contributed by atoms with van der Waals surface area (Å²) in [6, 6.07) is 11.1. The van der Waals surface area contributed by atoms with Gasteiger partial charge in [-0.25, -0.2) is 4.39 Å². The van der Waals surface area contributed by atoms with Gasteiger partial charge in [0.15, 0.2) is 17.7 Å². The van der Waals surface area contributed by atoms with Gasteiger partial charge in [-0.1, -0.05) is 13.0 Å². The van der Waals surface area contributed by atoms with Crippen LogP contribution in [-0.2, 0) is 0 Å². The number of hydrogen-bond donors (Lipinski definition) is 1. The summed E-state index contributed by atoms with van der Waals surface area (Å²) in [4.78, 5) is 4.23. The molecule has 21 heavy (non-hydrogen) atoms. The molecule has 2 rings (SSSR count). The first-order chi connectivity index (χ1) is 10.2. The Hall–Kier alpha value is -2.45. The topological polar surface area (TPSA) is 71.9 Å². The number of nitriles is 1. The molecule has 0 spiro atoms. The van der Waals surface area contributed by atoms with Crippen molar-refractivity contribution >= 4 is 0 Å². The number of pyridine rings is 1. The number of nitrogens with two attached hydrogens (primary N) is 1. The van der Waals surface area contributed by atoms with Gasteiger partial charge in [-0.05, 0) is 36.8 Å². The third-order valence-electron chi connectivity index (χ3n) is 3.15. The van der Waals surface area contributed by atoms with Gasteiger partial charge in [-0.2, -0.15) is 5.26 Å². The van der Waals surface area contributed by atoms with Crippen molar-refractivity contribution in [2.24, 2.45) is 5.73 Å². The predicted octanol–water partition coefficient (Wildman–Crippen LogP) is 2.95. The number of rotatable bonds is 5. The van der Waals surface area contributed by atoms with Crippen molar-refractivity contribution in [3.05, 3.63) is 59.7 Å². The molecule has 0 aliphatic rings. The predicted molar refractivity (Wildman–Crippen MR) is 77.0 cm³/mol. The third-order valence-corrected chi connectivity index (χ3v) is 3.15. The zero-order chi connectivity index (χ0) is 15.2. The van der Waals surface area contributed by atoms with Crippen LogP contribution in [0.3, 0.4) is 0 Å². The van der Waals surface area contributed by atoms with E-state index in [-0.39, 0.29) is 17.4 Å². The minimum absolute atomic E-state index is 0.0635. The van der Waals surface area contributed by atoms with E-state index in [1.54, 1.807) is 18.3 Å². The van der Waals surface area contributed by atoms with E-state index in [4.69, 9.17) is 15.7 Å². The molecule has 1 heterocycles. The van der Waals surface area contributed by atoms with Crippen LogP contribution in [0, 0.1) is 17.1 Å². The second-order valence-corrected chi connectivity index (χ2v) is 4.62. The Morgan fingerprint density at radius 2 is 2.19 bits per heavy atom. The molecule has 0 aliphatic carbocycles. The lowest BCUT2D eigenvalue weighted by atomic mass is 10.1. The number of hydrogen-bond acceptors (Lipinski definition) is 4. The van der Waals surface area contributed by atoms with Crippen LogP contribution in [0.2, 0.25) is 0 Å². The molecule has 0 aliphatic heterocycles. The summed E-state index contributed by atoms with van der Waals surface area (Å²) < 4.78 is 19.7. The molecular formula is C16H16FN3O. The zero-order valence-electron chi connectivity index (χ0n) is 11.7. The van der Waals surface area contributed by atoms with E-state index in [1.165, 1.54) is 12.1 Å². The minimum Gasteiger partial charge on any atom is -0.479 e. The Morgan fingerprint density at radius 3 is 2.76 bits per heavy atom. The number of nitrogens with zero attached hydrogens (tertiary/aromatic N) is 2. The van der Waals surface area contributed by atoms with Crippen molar-refractivity contribution in [2.45, 2.75) is 25.5 Å². The van der Waals surface area contributed by atoms with E-state index in [2.05, 4.69) is 4.98 Å². The van der Waals surface area contributed by atoms with E-state index in [1.807, 2.05) is 19.1 Å². The van der Waals surface area contributed by atoms with Crippen molar-refractivity contribution < 1.29 is 9.13 Å². The van der Waals surface area contributed by atoms with Crippen LogP contribution in [0.15, 0.2) is 42.6 Å². The van der Waals surface area contributed by atoms with Crippen molar-refractivity contribution in [2.75, 3.05) is 0 Å². The summed E-state index contributed by atoms with van der Waals surface area (Å²) >= 11 is 0. The van der Waals surface area contributed by atoms with Gasteiger partial charge in [0, 0.05) is 12.2 Å². The summed E-state index contributed by atoms with van der Waals surface area (Å²) in [5, 5.41) is 8.75. The summed E-state index contributed by atoms with van der Waals surface area (Å²) in [6.45, 7) is 1.93. The minimum atomic E-state index is -0.585. The molecule has 5 heteroatoms. The molecule has 1 aromatic heterocycles. The SMILES string of the molecule is CCC(N)C(Oc1ccc(C#N)cc1F)c1ccccn1. The molecule has 0 fully saturated rings. The van der Waals surface area contributed by atoms with Gasteiger partial charge in [0.2, 0.25) is 0 Å². The van der Waals surface area contributed by atoms with Gasteiger partial charge < -0.3 is 10.5 Å². The largest absolute Gasteiger partial charge is 0.479 e. The highest BCUT2D eigenvalue weighted by Crippen LogP contribution is 2.27. The summed E-state index contributed by atoms with van der Waals surface area (Å²) in [6.07, 6.45) is 1.76. The third kappa shape index (κ3) is 3.56. The number of halogens is 1. The lowest BCUT2D eigenvalue weighted by Crippen LogP contribution is -2.32. The van der Waals surface area contributed by atoms with Crippen LogP contribution < -0.4 is 10.5 Å². The quantitative estimate of drug-likeness (QED) is 0.916. The molecular weight excluding hydrogens is 269 g/mol. The highest BCUT2D eigenvalue weighted by Gasteiger charge is 2.23. The number of aromatic nitrogens is 1. The fraction of sp³-hybridized carbons (Fsp3) is 0.250. The molecule has 0 radical (unpaired) electrons. The van der Waals surface area contributed by atoms with Crippen LogP contribution in [0.4, 0.5) is 4.39 Å². The second-order valence-electron chi connectivity index (χ2n) is 4.62. The normalized spacial score (nSPS) is 13.2. The van der Waals surface area contributed by atoms with Crippen molar-refractivity contribution in [3.63, 3.8) is 0 Å². The van der Waals surface area contributed by atoms with Gasteiger partial charge in [0.1, 0.15) is 0 Å². The van der Waals surface area contributed by atoms with E-state index in [0.717, 1.165) is 6.07 Å². The first-order valence-electron chi connectivity index (χ1n) is 6.68. The van der Waals surface area contributed by atoms with Crippen molar-refractivity contribution in [3.8, 4) is 11.8 Å². The number of ether oxygens (including phenoxy) is 1. The molecule has 108 valence electrons. The van der Waals surface area contributed by atoms with E-state index in [9.17, 15) is 4.39 Å². The second kappa shape index (κ2) is 6.82. The van der Waals surface area contributed by atoms with Crippen LogP contribution in [-0.4, -0.2) is 11.0 Å². The van der Waals surface area contributed by atoms with Gasteiger partial charge in [-0.15, -0.1) is 0 Å². The molecule has 2 unspecified atom stereocenters. The monoisotopic (exact) mass is 285 g/mol. The van der Waals surface area contributed by atoms with Crippen LogP contribution >= 0.6 is 0 Å². The summed E-state index contributed by atoms with van der Waals surface area (Å²) in [5.41, 5.74) is 6.96. The summed E-state index contributed by atoms with van der Waals surface area (Å²) in [5.74, 6) is -0.521. The van der Waals surface area contributed by atoms with Crippen molar-refractivity contribution in [1.82, 2.24) is 4.98 Å². The highest BCUT2D eigenvalue weighted by atomic mass is 19.1. The molecule has 1 aromatic carbocycles. The van der Waals surface area contributed by atoms with Gasteiger partial charge in [-0.3, -0.25) is 4.98 Å². The molecule has 0 saturated carbocycles. The molecule has 4 nitrogen and oxygen atoms in total. The summed E-state index contributed by atoms with van der Waals surface area (Å²) in [7, 11) is 0. The Morgan fingerprint density at radius 1 is 1.38 bits per heavy atom. The molecule has 0 amide bonds. The van der Waals surface area contributed by atoms with Crippen LogP contribution in [0.1, 0.15) is 30.7 Å². The molecule has 2 aromatic rings. The lowest BCUT2D eigenvalue weighted by molar-refractivity contribution is 0.159. The van der Waals surface area contributed by atoms with Gasteiger partial charge in [0.25, 0.3) is 0 Å². The van der Waals surface area contributed by atoms with E-state index >= 15 is 0 Å². The Labute approximate surface area is 123 Å². The van der Waals surface area contributed by atoms with Gasteiger partial charge in [0.05, 0.1) is 17.3 Å². The molecule has 0 saturated heterocycles. The van der Waals surface area contributed by atoms with Crippen molar-refractivity contribution in [1.29, 1.82) is 5.26 Å². The molecule has 0 bridgehead atoms. The Kier molecular flexibility index (Phi) is 4.85. The first kappa shape index (κ1) is 14.9. The standard InChI is InChI=1S/C16H16FN3O/c1-2-13(19)16(14-5-3-4-8-20-14)21-15-7-6-11(10-18)9-12(15)17/h3-9,13,16H,2,19H2,1H3. The maximum atomic E-state index is 13.9. The first-order valence-corrected chi connectivity index (χ1v) is 6.68. The average molecular weight is 285 g/mol. The fourth-order valence-electron chi connectivity index (χ4n) is 1.93. The van der Waals surface area contributed by atoms with E-state index < -0.39 is 11.9 Å². The van der Waals surface area contributed by atoms with Crippen LogP contribution in [0.5, 0.6) is 5.75 Å². The van der Waals surface area contributed by atoms with Crippen LogP contribution in [0.25, 0.3) is 0 Å². The maximum absolute atomic E-state index is 13.9. The molecule has 2 N–H and O–H groups in total. The number of benzene rings is 1. The fourth-order valence-corrected chi connectivity index (χ4v) is 1.93. The Bertz CT molecular complexity index is 640. The highest BCUT2D eigenvalue weighted by molar-refractivity contribution is 5.36. The Balaban J connectivity index is 2.30.